The summed E-state index contributed by atoms with van der Waals surface area (Å²) in [5.74, 6) is -0.257. The Bertz CT molecular complexity index is 1100. The number of amides is 1. The topological polar surface area (TPSA) is 79.4 Å². The Morgan fingerprint density at radius 2 is 1.79 bits per heavy atom. The molecule has 1 amide bonds. The summed E-state index contributed by atoms with van der Waals surface area (Å²) in [4.78, 5) is 17.0. The van der Waals surface area contributed by atoms with Crippen molar-refractivity contribution in [1.29, 1.82) is 0 Å². The van der Waals surface area contributed by atoms with Crippen LogP contribution in [0.5, 0.6) is 0 Å². The summed E-state index contributed by atoms with van der Waals surface area (Å²) in [6.07, 6.45) is 3.83. The van der Waals surface area contributed by atoms with Gasteiger partial charge in [0.2, 0.25) is 15.9 Å². The van der Waals surface area contributed by atoms with Crippen LogP contribution >= 0.6 is 0 Å². The Labute approximate surface area is 170 Å². The van der Waals surface area contributed by atoms with Gasteiger partial charge in [0, 0.05) is 19.2 Å². The zero-order chi connectivity index (χ0) is 20.3. The number of hydrogen-bond donors (Lipinski definition) is 1. The first kappa shape index (κ1) is 19.3. The van der Waals surface area contributed by atoms with E-state index in [1.54, 1.807) is 54.9 Å². The molecule has 2 heterocycles. The minimum atomic E-state index is -3.73. The summed E-state index contributed by atoms with van der Waals surface area (Å²) in [6, 6.07) is 19.0. The number of nitrogens with zero attached hydrogens (tertiary/aromatic N) is 2. The molecule has 148 valence electrons. The van der Waals surface area contributed by atoms with Crippen molar-refractivity contribution >= 4 is 21.6 Å². The van der Waals surface area contributed by atoms with Crippen LogP contribution in [0.25, 0.3) is 0 Å². The Balaban J connectivity index is 1.67. The van der Waals surface area contributed by atoms with E-state index in [0.29, 0.717) is 18.7 Å². The van der Waals surface area contributed by atoms with E-state index in [-0.39, 0.29) is 17.2 Å². The van der Waals surface area contributed by atoms with Gasteiger partial charge in [-0.25, -0.2) is 8.42 Å². The minimum absolute atomic E-state index is 0.0258. The molecule has 0 spiro atoms. The fourth-order valence-electron chi connectivity index (χ4n) is 3.68. The molecule has 1 aromatic heterocycles. The Kier molecular flexibility index (Phi) is 5.42. The van der Waals surface area contributed by atoms with Crippen LogP contribution in [0.15, 0.2) is 84.0 Å². The van der Waals surface area contributed by atoms with E-state index in [2.05, 4.69) is 10.3 Å². The lowest BCUT2D eigenvalue weighted by Crippen LogP contribution is -2.41. The highest BCUT2D eigenvalue weighted by Gasteiger charge is 2.37. The number of nitrogens with one attached hydrogen (secondary N) is 1. The van der Waals surface area contributed by atoms with Crippen LogP contribution in [-0.4, -0.2) is 30.2 Å². The van der Waals surface area contributed by atoms with E-state index in [9.17, 15) is 13.2 Å². The number of sulfonamides is 1. The lowest BCUT2D eigenvalue weighted by Gasteiger charge is -2.36. The molecule has 1 N–H and O–H groups in total. The third-order valence-electron chi connectivity index (χ3n) is 5.04. The van der Waals surface area contributed by atoms with Crippen molar-refractivity contribution in [2.24, 2.45) is 0 Å². The molecule has 6 nitrogen and oxygen atoms in total. The molecule has 0 saturated heterocycles. The van der Waals surface area contributed by atoms with Crippen LogP contribution in [0.2, 0.25) is 0 Å². The summed E-state index contributed by atoms with van der Waals surface area (Å²) in [6.45, 7) is 0.332. The minimum Gasteiger partial charge on any atom is -0.325 e. The first-order chi connectivity index (χ1) is 14.1. The van der Waals surface area contributed by atoms with Gasteiger partial charge in [-0.15, -0.1) is 0 Å². The van der Waals surface area contributed by atoms with Crippen molar-refractivity contribution in [3.63, 3.8) is 0 Å². The molecule has 1 aliphatic heterocycles. The van der Waals surface area contributed by atoms with Crippen LogP contribution in [0, 0.1) is 0 Å². The SMILES string of the molecule is O=C(CC1c2ccccc2CCN1S(=O)(=O)c1ccccc1)Nc1cccnc1. The Morgan fingerprint density at radius 3 is 2.55 bits per heavy atom. The summed E-state index contributed by atoms with van der Waals surface area (Å²) < 4.78 is 28.1. The van der Waals surface area contributed by atoms with Gasteiger partial charge >= 0.3 is 0 Å². The number of carbonyl (C=O) groups is 1. The third kappa shape index (κ3) is 4.06. The van der Waals surface area contributed by atoms with Gasteiger partial charge in [0.15, 0.2) is 0 Å². The molecule has 29 heavy (non-hydrogen) atoms. The summed E-state index contributed by atoms with van der Waals surface area (Å²) in [5.41, 5.74) is 2.53. The average Bonchev–Trinajstić information content (AvgIpc) is 2.75. The highest BCUT2D eigenvalue weighted by molar-refractivity contribution is 7.89. The molecule has 1 aliphatic rings. The lowest BCUT2D eigenvalue weighted by atomic mass is 9.92. The number of rotatable bonds is 5. The smallest absolute Gasteiger partial charge is 0.243 e. The van der Waals surface area contributed by atoms with Gasteiger partial charge in [0.05, 0.1) is 22.8 Å². The molecular weight excluding hydrogens is 386 g/mol. The maximum absolute atomic E-state index is 13.3. The molecule has 2 aromatic carbocycles. The molecule has 4 rings (SSSR count). The molecule has 1 atom stereocenters. The van der Waals surface area contributed by atoms with Crippen molar-refractivity contribution in [2.45, 2.75) is 23.8 Å². The highest BCUT2D eigenvalue weighted by atomic mass is 32.2. The molecule has 0 fully saturated rings. The predicted octanol–water partition coefficient (Wildman–Crippen LogP) is 3.40. The molecule has 7 heteroatoms. The molecular formula is C22H21N3O3S. The van der Waals surface area contributed by atoms with Crippen LogP contribution in [0.1, 0.15) is 23.6 Å². The van der Waals surface area contributed by atoms with Crippen LogP contribution in [0.3, 0.4) is 0 Å². The van der Waals surface area contributed by atoms with Crippen molar-refractivity contribution in [3.8, 4) is 0 Å². The van der Waals surface area contributed by atoms with Gasteiger partial charge in [-0.05, 0) is 41.8 Å². The van der Waals surface area contributed by atoms with E-state index >= 15 is 0 Å². The van der Waals surface area contributed by atoms with Crippen molar-refractivity contribution in [2.75, 3.05) is 11.9 Å². The number of pyridine rings is 1. The molecule has 1 unspecified atom stereocenters. The number of aromatic nitrogens is 1. The number of anilines is 1. The number of benzene rings is 2. The van der Waals surface area contributed by atoms with Gasteiger partial charge in [0.25, 0.3) is 0 Å². The highest BCUT2D eigenvalue weighted by Crippen LogP contribution is 2.36. The summed E-state index contributed by atoms with van der Waals surface area (Å²) in [5, 5.41) is 2.81. The van der Waals surface area contributed by atoms with E-state index in [4.69, 9.17) is 0 Å². The van der Waals surface area contributed by atoms with E-state index in [0.717, 1.165) is 11.1 Å². The Morgan fingerprint density at radius 1 is 1.03 bits per heavy atom. The molecule has 0 radical (unpaired) electrons. The third-order valence-corrected chi connectivity index (χ3v) is 6.96. The number of fused-ring (bicyclic) bond motifs is 1. The fourth-order valence-corrected chi connectivity index (χ4v) is 5.31. The van der Waals surface area contributed by atoms with Crippen molar-refractivity contribution in [1.82, 2.24) is 9.29 Å². The molecule has 0 aliphatic carbocycles. The first-order valence-corrected chi connectivity index (χ1v) is 10.8. The zero-order valence-corrected chi connectivity index (χ0v) is 16.5. The second-order valence-corrected chi connectivity index (χ2v) is 8.78. The number of hydrogen-bond acceptors (Lipinski definition) is 4. The van der Waals surface area contributed by atoms with Crippen LogP contribution in [0.4, 0.5) is 5.69 Å². The average molecular weight is 407 g/mol. The van der Waals surface area contributed by atoms with E-state index in [1.165, 1.54) is 4.31 Å². The van der Waals surface area contributed by atoms with Gasteiger partial charge in [-0.3, -0.25) is 9.78 Å². The monoisotopic (exact) mass is 407 g/mol. The quantitative estimate of drug-likeness (QED) is 0.703. The van der Waals surface area contributed by atoms with Crippen LogP contribution in [-0.2, 0) is 21.2 Å². The van der Waals surface area contributed by atoms with Crippen LogP contribution < -0.4 is 5.32 Å². The summed E-state index contributed by atoms with van der Waals surface area (Å²) in [7, 11) is -3.73. The standard InChI is InChI=1S/C22H21N3O3S/c26-22(24-18-8-6-13-23-16-18)15-21-20-11-5-4-7-17(20)12-14-25(21)29(27,28)19-9-2-1-3-10-19/h1-11,13,16,21H,12,14-15H2,(H,24,26). The Hall–Kier alpha value is -3.03. The molecule has 3 aromatic rings. The van der Waals surface area contributed by atoms with Gasteiger partial charge in [-0.1, -0.05) is 42.5 Å². The fraction of sp³-hybridized carbons (Fsp3) is 0.182. The first-order valence-electron chi connectivity index (χ1n) is 9.40. The van der Waals surface area contributed by atoms with E-state index < -0.39 is 16.1 Å². The number of carbonyl (C=O) groups excluding carboxylic acids is 1. The van der Waals surface area contributed by atoms with Gasteiger partial charge in [-0.2, -0.15) is 4.31 Å². The predicted molar refractivity (Wildman–Crippen MR) is 111 cm³/mol. The lowest BCUT2D eigenvalue weighted by molar-refractivity contribution is -0.117. The summed E-state index contributed by atoms with van der Waals surface area (Å²) >= 11 is 0. The molecule has 0 saturated carbocycles. The second kappa shape index (κ2) is 8.14. The van der Waals surface area contributed by atoms with Crippen molar-refractivity contribution < 1.29 is 13.2 Å². The second-order valence-electron chi connectivity index (χ2n) is 6.89. The normalized spacial score (nSPS) is 16.8. The van der Waals surface area contributed by atoms with Crippen molar-refractivity contribution in [3.05, 3.63) is 90.3 Å². The maximum atomic E-state index is 13.3. The van der Waals surface area contributed by atoms with E-state index in [1.807, 2.05) is 24.3 Å². The van der Waals surface area contributed by atoms with Gasteiger partial charge < -0.3 is 5.32 Å². The largest absolute Gasteiger partial charge is 0.325 e. The molecule has 0 bridgehead atoms. The zero-order valence-electron chi connectivity index (χ0n) is 15.7. The van der Waals surface area contributed by atoms with Gasteiger partial charge in [0.1, 0.15) is 0 Å². The maximum Gasteiger partial charge on any atom is 0.243 e.